The molecule has 0 radical (unpaired) electrons. The Morgan fingerprint density at radius 2 is 1.89 bits per heavy atom. The summed E-state index contributed by atoms with van der Waals surface area (Å²) in [6.07, 6.45) is 6.64. The van der Waals surface area contributed by atoms with Crippen LogP contribution in [-0.2, 0) is 6.54 Å². The molecule has 0 aliphatic heterocycles. The molecule has 1 saturated carbocycles. The molecule has 3 heteroatoms. The topological polar surface area (TPSA) is 12.0 Å². The normalized spacial score (nSPS) is 23.5. The van der Waals surface area contributed by atoms with Gasteiger partial charge in [0.2, 0.25) is 0 Å². The predicted molar refractivity (Wildman–Crippen MR) is 78.9 cm³/mol. The van der Waals surface area contributed by atoms with Gasteiger partial charge in [-0.2, -0.15) is 0 Å². The van der Waals surface area contributed by atoms with Gasteiger partial charge in [0.15, 0.2) is 0 Å². The maximum Gasteiger partial charge on any atom is 0.146 e. The van der Waals surface area contributed by atoms with E-state index in [1.54, 1.807) is 18.2 Å². The van der Waals surface area contributed by atoms with Gasteiger partial charge < -0.3 is 5.32 Å². The summed E-state index contributed by atoms with van der Waals surface area (Å²) < 4.78 is 13.7. The van der Waals surface area contributed by atoms with E-state index in [4.69, 9.17) is 11.6 Å². The zero-order chi connectivity index (χ0) is 13.7. The highest BCUT2D eigenvalue weighted by molar-refractivity contribution is 6.30. The molecule has 2 rings (SSSR count). The molecule has 0 bridgehead atoms. The van der Waals surface area contributed by atoms with Crippen molar-refractivity contribution in [3.8, 4) is 0 Å². The molecule has 0 amide bonds. The van der Waals surface area contributed by atoms with Crippen molar-refractivity contribution in [2.24, 2.45) is 11.8 Å². The Bertz CT molecular complexity index is 400. The van der Waals surface area contributed by atoms with Crippen molar-refractivity contribution in [1.29, 1.82) is 0 Å². The molecular formula is C16H23ClFN. The number of benzene rings is 1. The standard InChI is InChI=1S/C16H23ClFN/c1-2-12-6-8-13(9-7-12)10-19-11-14-4-3-5-15(17)16(14)18/h3-5,12-13,19H,2,6-11H2,1H3. The van der Waals surface area contributed by atoms with Crippen molar-refractivity contribution in [1.82, 2.24) is 5.32 Å². The molecule has 0 spiro atoms. The molecular weight excluding hydrogens is 261 g/mol. The van der Waals surface area contributed by atoms with Crippen LogP contribution in [0.15, 0.2) is 18.2 Å². The van der Waals surface area contributed by atoms with E-state index in [9.17, 15) is 4.39 Å². The predicted octanol–water partition coefficient (Wildman–Crippen LogP) is 4.79. The molecule has 1 fully saturated rings. The molecule has 106 valence electrons. The molecule has 0 unspecified atom stereocenters. The van der Waals surface area contributed by atoms with Gasteiger partial charge in [-0.3, -0.25) is 0 Å². The lowest BCUT2D eigenvalue weighted by Gasteiger charge is -2.28. The summed E-state index contributed by atoms with van der Waals surface area (Å²) in [4.78, 5) is 0. The third kappa shape index (κ3) is 4.19. The van der Waals surface area contributed by atoms with E-state index in [-0.39, 0.29) is 10.8 Å². The lowest BCUT2D eigenvalue weighted by Crippen LogP contribution is -2.26. The molecule has 1 N–H and O–H groups in total. The number of nitrogens with one attached hydrogen (secondary N) is 1. The van der Waals surface area contributed by atoms with Crippen LogP contribution in [0.5, 0.6) is 0 Å². The van der Waals surface area contributed by atoms with Gasteiger partial charge in [-0.05, 0) is 37.3 Å². The highest BCUT2D eigenvalue weighted by Gasteiger charge is 2.19. The zero-order valence-corrected chi connectivity index (χ0v) is 12.3. The molecule has 0 atom stereocenters. The summed E-state index contributed by atoms with van der Waals surface area (Å²) in [5.74, 6) is 1.40. The van der Waals surface area contributed by atoms with Crippen molar-refractivity contribution in [3.05, 3.63) is 34.6 Å². The quantitative estimate of drug-likeness (QED) is 0.820. The first kappa shape index (κ1) is 14.8. The van der Waals surface area contributed by atoms with Crippen LogP contribution in [0.1, 0.15) is 44.6 Å². The number of rotatable bonds is 5. The first-order valence-electron chi connectivity index (χ1n) is 7.34. The van der Waals surface area contributed by atoms with E-state index >= 15 is 0 Å². The minimum Gasteiger partial charge on any atom is -0.312 e. The largest absolute Gasteiger partial charge is 0.312 e. The van der Waals surface area contributed by atoms with Crippen LogP contribution in [0.25, 0.3) is 0 Å². The summed E-state index contributed by atoms with van der Waals surface area (Å²) in [5.41, 5.74) is 0.662. The van der Waals surface area contributed by atoms with E-state index in [0.717, 1.165) is 18.4 Å². The summed E-state index contributed by atoms with van der Waals surface area (Å²) >= 11 is 5.77. The smallest absolute Gasteiger partial charge is 0.146 e. The lowest BCUT2D eigenvalue weighted by molar-refractivity contribution is 0.262. The van der Waals surface area contributed by atoms with E-state index in [1.165, 1.54) is 32.1 Å². The molecule has 1 aromatic carbocycles. The van der Waals surface area contributed by atoms with Crippen LogP contribution in [0.4, 0.5) is 4.39 Å². The van der Waals surface area contributed by atoms with Crippen LogP contribution in [0.2, 0.25) is 5.02 Å². The maximum atomic E-state index is 13.7. The second-order valence-corrected chi connectivity index (χ2v) is 6.05. The molecule has 0 heterocycles. The monoisotopic (exact) mass is 283 g/mol. The summed E-state index contributed by atoms with van der Waals surface area (Å²) in [7, 11) is 0. The Balaban J connectivity index is 1.74. The van der Waals surface area contributed by atoms with E-state index in [2.05, 4.69) is 12.2 Å². The Kier molecular flexibility index (Phi) is 5.65. The Morgan fingerprint density at radius 1 is 1.21 bits per heavy atom. The first-order chi connectivity index (χ1) is 9.20. The Labute approximate surface area is 120 Å². The van der Waals surface area contributed by atoms with Crippen LogP contribution in [-0.4, -0.2) is 6.54 Å². The third-order valence-electron chi connectivity index (χ3n) is 4.32. The van der Waals surface area contributed by atoms with Crippen molar-refractivity contribution < 1.29 is 4.39 Å². The minimum absolute atomic E-state index is 0.211. The molecule has 1 aliphatic carbocycles. The number of hydrogen-bond acceptors (Lipinski definition) is 1. The average molecular weight is 284 g/mol. The summed E-state index contributed by atoms with van der Waals surface area (Å²) in [6.45, 7) is 3.84. The van der Waals surface area contributed by atoms with Gasteiger partial charge in [0.05, 0.1) is 5.02 Å². The second kappa shape index (κ2) is 7.25. The molecule has 0 saturated heterocycles. The van der Waals surface area contributed by atoms with Crippen LogP contribution >= 0.6 is 11.6 Å². The second-order valence-electron chi connectivity index (χ2n) is 5.64. The van der Waals surface area contributed by atoms with E-state index in [1.807, 2.05) is 0 Å². The van der Waals surface area contributed by atoms with Crippen LogP contribution < -0.4 is 5.32 Å². The van der Waals surface area contributed by atoms with Gasteiger partial charge in [0, 0.05) is 12.1 Å². The fourth-order valence-corrected chi connectivity index (χ4v) is 3.13. The van der Waals surface area contributed by atoms with Crippen molar-refractivity contribution >= 4 is 11.6 Å². The molecule has 0 aromatic heterocycles. The molecule has 1 aromatic rings. The number of halogens is 2. The number of hydrogen-bond donors (Lipinski definition) is 1. The molecule has 1 aliphatic rings. The molecule has 1 nitrogen and oxygen atoms in total. The van der Waals surface area contributed by atoms with Gasteiger partial charge in [0.25, 0.3) is 0 Å². The Morgan fingerprint density at radius 3 is 2.58 bits per heavy atom. The zero-order valence-electron chi connectivity index (χ0n) is 11.6. The van der Waals surface area contributed by atoms with E-state index < -0.39 is 0 Å². The van der Waals surface area contributed by atoms with E-state index in [0.29, 0.717) is 12.1 Å². The van der Waals surface area contributed by atoms with Gasteiger partial charge >= 0.3 is 0 Å². The van der Waals surface area contributed by atoms with Crippen molar-refractivity contribution in [2.75, 3.05) is 6.54 Å². The van der Waals surface area contributed by atoms with Crippen molar-refractivity contribution in [3.63, 3.8) is 0 Å². The minimum atomic E-state index is -0.286. The van der Waals surface area contributed by atoms with Crippen LogP contribution in [0, 0.1) is 17.7 Å². The highest BCUT2D eigenvalue weighted by Crippen LogP contribution is 2.30. The third-order valence-corrected chi connectivity index (χ3v) is 4.62. The van der Waals surface area contributed by atoms with Gasteiger partial charge in [-0.1, -0.05) is 49.9 Å². The SMILES string of the molecule is CCC1CCC(CNCc2cccc(Cl)c2F)CC1. The summed E-state index contributed by atoms with van der Waals surface area (Å²) in [5, 5.41) is 3.58. The first-order valence-corrected chi connectivity index (χ1v) is 7.72. The van der Waals surface area contributed by atoms with Gasteiger partial charge in [-0.25, -0.2) is 4.39 Å². The Hall–Kier alpha value is -0.600. The van der Waals surface area contributed by atoms with Gasteiger partial charge in [0.1, 0.15) is 5.82 Å². The fraction of sp³-hybridized carbons (Fsp3) is 0.625. The molecule has 19 heavy (non-hydrogen) atoms. The highest BCUT2D eigenvalue weighted by atomic mass is 35.5. The van der Waals surface area contributed by atoms with Crippen LogP contribution in [0.3, 0.4) is 0 Å². The lowest BCUT2D eigenvalue weighted by atomic mass is 9.81. The van der Waals surface area contributed by atoms with Crippen molar-refractivity contribution in [2.45, 2.75) is 45.6 Å². The average Bonchev–Trinajstić information content (AvgIpc) is 2.44. The van der Waals surface area contributed by atoms with Gasteiger partial charge in [-0.15, -0.1) is 0 Å². The summed E-state index contributed by atoms with van der Waals surface area (Å²) in [6, 6.07) is 5.18. The fourth-order valence-electron chi connectivity index (χ4n) is 2.94. The maximum absolute atomic E-state index is 13.7.